The summed E-state index contributed by atoms with van der Waals surface area (Å²) < 4.78 is 5.34. The van der Waals surface area contributed by atoms with Crippen LogP contribution in [0.25, 0.3) is 0 Å². The van der Waals surface area contributed by atoms with E-state index < -0.39 is 0 Å². The van der Waals surface area contributed by atoms with E-state index in [1.807, 2.05) is 31.2 Å². The van der Waals surface area contributed by atoms with E-state index in [9.17, 15) is 4.79 Å². The molecule has 0 radical (unpaired) electrons. The van der Waals surface area contributed by atoms with Gasteiger partial charge in [0.05, 0.1) is 19.1 Å². The molecule has 118 valence electrons. The van der Waals surface area contributed by atoms with Crippen LogP contribution in [0.1, 0.15) is 45.7 Å². The van der Waals surface area contributed by atoms with Crippen LogP contribution in [0, 0.1) is 11.3 Å². The molecule has 0 heterocycles. The van der Waals surface area contributed by atoms with Crippen molar-refractivity contribution in [2.24, 2.45) is 17.1 Å². The molecule has 1 rings (SSSR count). The highest BCUT2D eigenvalue weighted by atomic mass is 16.5. The Morgan fingerprint density at radius 2 is 1.95 bits per heavy atom. The Morgan fingerprint density at radius 1 is 1.33 bits per heavy atom. The van der Waals surface area contributed by atoms with E-state index in [0.29, 0.717) is 6.54 Å². The number of nitrogens with two attached hydrogens (primary N) is 1. The summed E-state index contributed by atoms with van der Waals surface area (Å²) in [5.41, 5.74) is 6.82. The predicted molar refractivity (Wildman–Crippen MR) is 86.2 cm³/mol. The van der Waals surface area contributed by atoms with Crippen LogP contribution in [0.2, 0.25) is 0 Å². The zero-order valence-corrected chi connectivity index (χ0v) is 13.8. The van der Waals surface area contributed by atoms with Crippen molar-refractivity contribution in [2.45, 2.75) is 40.2 Å². The van der Waals surface area contributed by atoms with Gasteiger partial charge in [-0.25, -0.2) is 0 Å². The molecule has 1 unspecified atom stereocenters. The summed E-state index contributed by atoms with van der Waals surface area (Å²) in [5, 5.41) is 3.05. The van der Waals surface area contributed by atoms with Gasteiger partial charge in [0.2, 0.25) is 5.91 Å². The molecular formula is C17H28N2O2. The van der Waals surface area contributed by atoms with Crippen LogP contribution in [0.15, 0.2) is 24.3 Å². The van der Waals surface area contributed by atoms with Crippen molar-refractivity contribution in [1.29, 1.82) is 0 Å². The number of ether oxygens (including phenoxy) is 1. The molecule has 1 aromatic rings. The second-order valence-corrected chi connectivity index (χ2v) is 6.67. The quantitative estimate of drug-likeness (QED) is 0.847. The van der Waals surface area contributed by atoms with E-state index in [0.717, 1.165) is 17.7 Å². The maximum atomic E-state index is 12.4. The predicted octanol–water partition coefficient (Wildman–Crippen LogP) is 2.88. The van der Waals surface area contributed by atoms with Crippen LogP contribution < -0.4 is 15.8 Å². The number of methoxy groups -OCH3 is 1. The van der Waals surface area contributed by atoms with Crippen molar-refractivity contribution in [3.05, 3.63) is 29.8 Å². The van der Waals surface area contributed by atoms with Gasteiger partial charge in [0.25, 0.3) is 0 Å². The van der Waals surface area contributed by atoms with Gasteiger partial charge in [-0.05, 0) is 24.8 Å². The second-order valence-electron chi connectivity index (χ2n) is 6.67. The SMILES string of the molecule is COc1ccccc1[C@H](C)NC(=O)C(CN)CC(C)(C)C. The molecule has 2 atom stereocenters. The van der Waals surface area contributed by atoms with Gasteiger partial charge in [0.1, 0.15) is 5.75 Å². The Bertz CT molecular complexity index is 466. The van der Waals surface area contributed by atoms with Gasteiger partial charge >= 0.3 is 0 Å². The summed E-state index contributed by atoms with van der Waals surface area (Å²) in [6, 6.07) is 7.61. The van der Waals surface area contributed by atoms with Crippen LogP contribution in [0.3, 0.4) is 0 Å². The fraction of sp³-hybridized carbons (Fsp3) is 0.588. The fourth-order valence-electron chi connectivity index (χ4n) is 2.46. The maximum absolute atomic E-state index is 12.4. The second kappa shape index (κ2) is 7.46. The number of benzene rings is 1. The van der Waals surface area contributed by atoms with Crippen molar-refractivity contribution >= 4 is 5.91 Å². The van der Waals surface area contributed by atoms with Gasteiger partial charge in [-0.2, -0.15) is 0 Å². The maximum Gasteiger partial charge on any atom is 0.224 e. The largest absolute Gasteiger partial charge is 0.496 e. The molecule has 0 aliphatic rings. The average molecular weight is 292 g/mol. The van der Waals surface area contributed by atoms with Crippen LogP contribution in [-0.2, 0) is 4.79 Å². The Hall–Kier alpha value is -1.55. The fourth-order valence-corrected chi connectivity index (χ4v) is 2.46. The molecule has 0 fully saturated rings. The molecule has 4 nitrogen and oxygen atoms in total. The van der Waals surface area contributed by atoms with Crippen LogP contribution in [0.5, 0.6) is 5.75 Å². The number of para-hydroxylation sites is 1. The molecule has 1 aromatic carbocycles. The summed E-state index contributed by atoms with van der Waals surface area (Å²) >= 11 is 0. The van der Waals surface area contributed by atoms with E-state index >= 15 is 0 Å². The summed E-state index contributed by atoms with van der Waals surface area (Å²) in [5.74, 6) is 0.624. The molecule has 3 N–H and O–H groups in total. The van der Waals surface area contributed by atoms with Crippen molar-refractivity contribution in [1.82, 2.24) is 5.32 Å². The average Bonchev–Trinajstić information content (AvgIpc) is 2.43. The Morgan fingerprint density at radius 3 is 2.48 bits per heavy atom. The lowest BCUT2D eigenvalue weighted by molar-refractivity contribution is -0.126. The summed E-state index contributed by atoms with van der Waals surface area (Å²) in [7, 11) is 1.63. The number of carbonyl (C=O) groups is 1. The van der Waals surface area contributed by atoms with Gasteiger partial charge in [-0.1, -0.05) is 39.0 Å². The van der Waals surface area contributed by atoms with Crippen LogP contribution in [0.4, 0.5) is 0 Å². The lowest BCUT2D eigenvalue weighted by Crippen LogP contribution is -2.38. The number of carbonyl (C=O) groups excluding carboxylic acids is 1. The van der Waals surface area contributed by atoms with Crippen molar-refractivity contribution < 1.29 is 9.53 Å². The topological polar surface area (TPSA) is 64.3 Å². The minimum absolute atomic E-state index is 0.00540. The lowest BCUT2D eigenvalue weighted by Gasteiger charge is -2.26. The molecule has 0 aliphatic heterocycles. The standard InChI is InChI=1S/C17H28N2O2/c1-12(14-8-6-7-9-15(14)21-5)19-16(20)13(11-18)10-17(2,3)4/h6-9,12-13H,10-11,18H2,1-5H3,(H,19,20)/t12-,13?/m0/s1. The van der Waals surface area contributed by atoms with Gasteiger partial charge in [-0.3, -0.25) is 4.79 Å². The molecule has 0 aliphatic carbocycles. The monoisotopic (exact) mass is 292 g/mol. The highest BCUT2D eigenvalue weighted by Crippen LogP contribution is 2.27. The molecule has 0 aromatic heterocycles. The number of hydrogen-bond acceptors (Lipinski definition) is 3. The van der Waals surface area contributed by atoms with Gasteiger partial charge in [0, 0.05) is 12.1 Å². The van der Waals surface area contributed by atoms with Crippen molar-refractivity contribution in [3.63, 3.8) is 0 Å². The molecular weight excluding hydrogens is 264 g/mol. The first-order chi connectivity index (χ1) is 9.78. The highest BCUT2D eigenvalue weighted by Gasteiger charge is 2.25. The van der Waals surface area contributed by atoms with Gasteiger partial charge < -0.3 is 15.8 Å². The smallest absolute Gasteiger partial charge is 0.224 e. The molecule has 0 saturated carbocycles. The molecule has 0 saturated heterocycles. The minimum Gasteiger partial charge on any atom is -0.496 e. The van der Waals surface area contributed by atoms with Gasteiger partial charge in [-0.15, -0.1) is 0 Å². The number of hydrogen-bond donors (Lipinski definition) is 2. The van der Waals surface area contributed by atoms with E-state index in [2.05, 4.69) is 26.1 Å². The Labute approximate surface area is 128 Å². The third-order valence-corrected chi connectivity index (χ3v) is 3.48. The zero-order chi connectivity index (χ0) is 16.0. The molecule has 1 amide bonds. The van der Waals surface area contributed by atoms with E-state index in [-0.39, 0.29) is 23.3 Å². The normalized spacial score (nSPS) is 14.4. The molecule has 0 spiro atoms. The Balaban J connectivity index is 2.77. The summed E-state index contributed by atoms with van der Waals surface area (Å²) in [6.07, 6.45) is 0.772. The number of amides is 1. The van der Waals surface area contributed by atoms with Gasteiger partial charge in [0.15, 0.2) is 0 Å². The first kappa shape index (κ1) is 17.5. The summed E-state index contributed by atoms with van der Waals surface area (Å²) in [6.45, 7) is 8.67. The first-order valence-electron chi connectivity index (χ1n) is 7.42. The molecule has 21 heavy (non-hydrogen) atoms. The van der Waals surface area contributed by atoms with E-state index in [1.165, 1.54) is 0 Å². The number of nitrogens with one attached hydrogen (secondary N) is 1. The number of rotatable bonds is 6. The minimum atomic E-state index is -0.165. The summed E-state index contributed by atoms with van der Waals surface area (Å²) in [4.78, 5) is 12.4. The van der Waals surface area contributed by atoms with Crippen molar-refractivity contribution in [3.8, 4) is 5.75 Å². The van der Waals surface area contributed by atoms with Crippen molar-refractivity contribution in [2.75, 3.05) is 13.7 Å². The Kier molecular flexibility index (Phi) is 6.21. The molecule has 0 bridgehead atoms. The highest BCUT2D eigenvalue weighted by molar-refractivity contribution is 5.79. The molecule has 4 heteroatoms. The lowest BCUT2D eigenvalue weighted by atomic mass is 9.84. The van der Waals surface area contributed by atoms with E-state index in [4.69, 9.17) is 10.5 Å². The van der Waals surface area contributed by atoms with Crippen LogP contribution >= 0.6 is 0 Å². The van der Waals surface area contributed by atoms with Crippen LogP contribution in [-0.4, -0.2) is 19.6 Å². The third-order valence-electron chi connectivity index (χ3n) is 3.48. The first-order valence-corrected chi connectivity index (χ1v) is 7.42. The zero-order valence-electron chi connectivity index (χ0n) is 13.8. The third kappa shape index (κ3) is 5.38. The van der Waals surface area contributed by atoms with E-state index in [1.54, 1.807) is 7.11 Å².